The number of aromatic nitrogens is 1. The Hall–Kier alpha value is -10.9. The molecule has 13 rings (SSSR count). The first-order valence-electron chi connectivity index (χ1n) is 25.4. The molecule has 0 unspecified atom stereocenters. The molecule has 0 aliphatic heterocycles. The molecule has 12 nitrogen and oxygen atoms in total. The van der Waals surface area contributed by atoms with Crippen molar-refractivity contribution in [3.05, 3.63) is 285 Å². The van der Waals surface area contributed by atoms with Gasteiger partial charge in [0.15, 0.2) is 0 Å². The molecule has 78 heavy (non-hydrogen) atoms. The molecule has 0 N–H and O–H groups in total. The first-order valence-corrected chi connectivity index (χ1v) is 25.4. The quantitative estimate of drug-likeness (QED) is 0.0634. The molecule has 0 spiro atoms. The molecular formula is C66H43N7O5. The summed E-state index contributed by atoms with van der Waals surface area (Å²) in [5.74, 6) is 0. The number of benzene rings is 10. The minimum atomic E-state index is -0.463. The largest absolute Gasteiger partial charge is 0.321 e. The highest BCUT2D eigenvalue weighted by Crippen LogP contribution is 2.45. The lowest BCUT2D eigenvalue weighted by atomic mass is 10.0. The Balaban J connectivity index is 1.02. The van der Waals surface area contributed by atoms with Crippen LogP contribution in [0.2, 0.25) is 0 Å². The van der Waals surface area contributed by atoms with Crippen molar-refractivity contribution in [2.45, 2.75) is 12.8 Å². The average molecular weight is 1010 g/mol. The number of allylic oxidation sites excluding steroid dienone is 3. The number of fused-ring (bicyclic) bond motifs is 6. The summed E-state index contributed by atoms with van der Waals surface area (Å²) in [5, 5.41) is 35.9. The Morgan fingerprint density at radius 1 is 0.462 bits per heavy atom. The van der Waals surface area contributed by atoms with E-state index in [1.165, 1.54) is 6.07 Å². The molecule has 0 saturated carbocycles. The number of nitro groups is 2. The van der Waals surface area contributed by atoms with E-state index >= 15 is 0 Å². The predicted octanol–water partition coefficient (Wildman–Crippen LogP) is 18.1. The Morgan fingerprint density at radius 3 is 1.50 bits per heavy atom. The van der Waals surface area contributed by atoms with Crippen molar-refractivity contribution in [2.75, 3.05) is 14.7 Å². The van der Waals surface area contributed by atoms with Gasteiger partial charge in [0, 0.05) is 86.6 Å². The lowest BCUT2D eigenvalue weighted by molar-refractivity contribution is -0.428. The van der Waals surface area contributed by atoms with Crippen LogP contribution in [-0.2, 0) is 0 Å². The van der Waals surface area contributed by atoms with E-state index in [-0.39, 0.29) is 16.3 Å². The van der Waals surface area contributed by atoms with Gasteiger partial charge in [-0.05, 0) is 159 Å². The highest BCUT2D eigenvalue weighted by atomic mass is 16.6. The fraction of sp³-hybridized carbons (Fsp3) is 0.0303. The van der Waals surface area contributed by atoms with Gasteiger partial charge in [0.2, 0.25) is 5.70 Å². The second kappa shape index (κ2) is 19.4. The Bertz CT molecular complexity index is 4470. The van der Waals surface area contributed by atoms with Crippen molar-refractivity contribution >= 4 is 111 Å². The second-order valence-electron chi connectivity index (χ2n) is 19.2. The number of hydrogen-bond acceptors (Lipinski definition) is 9. The van der Waals surface area contributed by atoms with E-state index in [0.717, 1.165) is 99.6 Å². The van der Waals surface area contributed by atoms with Gasteiger partial charge >= 0.3 is 5.69 Å². The van der Waals surface area contributed by atoms with Crippen molar-refractivity contribution < 1.29 is 9.85 Å². The smallest absolute Gasteiger partial charge is 0.311 e. The number of anilines is 8. The minimum Gasteiger partial charge on any atom is -0.311 e. The number of nitroso groups, excluding NO2 is 1. The maximum atomic E-state index is 12.3. The van der Waals surface area contributed by atoms with Crippen LogP contribution in [0, 0.1) is 37.3 Å². The van der Waals surface area contributed by atoms with Crippen LogP contribution in [0.5, 0.6) is 0 Å². The number of nitrogens with zero attached hydrogens (tertiary/aromatic N) is 7. The van der Waals surface area contributed by atoms with Crippen LogP contribution >= 0.6 is 0 Å². The van der Waals surface area contributed by atoms with Crippen LogP contribution in [0.15, 0.2) is 253 Å². The molecule has 0 atom stereocenters. The molecule has 0 amide bonds. The summed E-state index contributed by atoms with van der Waals surface area (Å²) in [6, 6.07) is 79.9. The zero-order valence-electron chi connectivity index (χ0n) is 41.6. The van der Waals surface area contributed by atoms with Crippen molar-refractivity contribution in [1.29, 1.82) is 0 Å². The molecule has 0 radical (unpaired) electrons. The molecule has 1 heterocycles. The van der Waals surface area contributed by atoms with E-state index in [0.29, 0.717) is 29.9 Å². The monoisotopic (exact) mass is 1010 g/mol. The summed E-state index contributed by atoms with van der Waals surface area (Å²) in [7, 11) is 0. The van der Waals surface area contributed by atoms with E-state index in [1.807, 2.05) is 89.8 Å². The minimum absolute atomic E-state index is 0.146. The standard InChI is InChI=1S/C66H43N7O5/c74-67-50-16-7-17-53(39-50)69(57-26-23-45-11-2-5-14-48(45)37-57)59-32-34-65-63(42-59)64-43-60(70(55-19-9-21-62(41-55)73(77)78)58-27-24-46-12-3-6-15-49(46)38-58)33-35-66(64)71(65)52-30-28-51(29-31-52)68(54-18-8-20-61(40-54)72(75)76)56-25-22-44-10-1-4-13-47(44)36-56/h1-7,10-19,22-43H,9,21H2. The lowest BCUT2D eigenvalue weighted by Crippen LogP contribution is -2.18. The number of hydrogen-bond donors (Lipinski definition) is 0. The summed E-state index contributed by atoms with van der Waals surface area (Å²) in [6.07, 6.45) is 4.58. The van der Waals surface area contributed by atoms with Gasteiger partial charge in [-0.2, -0.15) is 0 Å². The summed E-state index contributed by atoms with van der Waals surface area (Å²) < 4.78 is 2.22. The average Bonchev–Trinajstić information content (AvgIpc) is 4.01. The Morgan fingerprint density at radius 2 is 0.949 bits per heavy atom. The predicted molar refractivity (Wildman–Crippen MR) is 313 cm³/mol. The third-order valence-electron chi connectivity index (χ3n) is 14.5. The van der Waals surface area contributed by atoms with Gasteiger partial charge in [0.05, 0.1) is 32.6 Å². The van der Waals surface area contributed by atoms with Crippen molar-refractivity contribution in [2.24, 2.45) is 5.18 Å². The molecule has 1 aromatic heterocycles. The molecular weight excluding hydrogens is 971 g/mol. The third-order valence-corrected chi connectivity index (χ3v) is 14.5. The lowest BCUT2D eigenvalue weighted by Gasteiger charge is -2.28. The first-order chi connectivity index (χ1) is 38.2. The highest BCUT2D eigenvalue weighted by Gasteiger charge is 2.25. The molecule has 372 valence electrons. The van der Waals surface area contributed by atoms with Crippen LogP contribution < -0.4 is 14.7 Å². The molecule has 12 aromatic rings. The normalized spacial score (nSPS) is 12.3. The molecule has 1 aliphatic rings. The van der Waals surface area contributed by atoms with E-state index in [2.05, 4.69) is 153 Å². The Kier molecular flexibility index (Phi) is 11.7. The SMILES string of the molecule is O=Nc1cccc(N(c2ccc3ccccc3c2)c2ccc3c(c2)c2cc(N(C4=CCCC([N+](=O)[O-])=C4)c4ccc5ccccc5c4)ccc2n3-c2ccc(N(c3cc#cc([N+](=O)[O-])c3)c3ccc4ccccc4c3)cc2)c1. The van der Waals surface area contributed by atoms with Gasteiger partial charge < -0.3 is 19.3 Å². The van der Waals surface area contributed by atoms with Crippen LogP contribution in [0.25, 0.3) is 59.8 Å². The molecule has 12 heteroatoms. The third kappa shape index (κ3) is 8.53. The van der Waals surface area contributed by atoms with Crippen molar-refractivity contribution in [1.82, 2.24) is 4.57 Å². The van der Waals surface area contributed by atoms with Crippen LogP contribution in [0.3, 0.4) is 0 Å². The van der Waals surface area contributed by atoms with Crippen molar-refractivity contribution in [3.8, 4) is 5.69 Å². The van der Waals surface area contributed by atoms with Crippen LogP contribution in [0.1, 0.15) is 12.8 Å². The zero-order valence-corrected chi connectivity index (χ0v) is 41.6. The van der Waals surface area contributed by atoms with Gasteiger partial charge in [-0.25, -0.2) is 0 Å². The summed E-state index contributed by atoms with van der Waals surface area (Å²) in [5.41, 5.74) is 9.84. The summed E-state index contributed by atoms with van der Waals surface area (Å²) >= 11 is 0. The van der Waals surface area contributed by atoms with E-state index in [4.69, 9.17) is 0 Å². The van der Waals surface area contributed by atoms with Gasteiger partial charge in [-0.1, -0.05) is 109 Å². The van der Waals surface area contributed by atoms with Gasteiger partial charge in [-0.3, -0.25) is 20.2 Å². The van der Waals surface area contributed by atoms with Gasteiger partial charge in [-0.15, -0.1) is 4.91 Å². The number of rotatable bonds is 13. The van der Waals surface area contributed by atoms with E-state index in [1.54, 1.807) is 24.3 Å². The molecule has 0 bridgehead atoms. The maximum absolute atomic E-state index is 12.3. The van der Waals surface area contributed by atoms with E-state index < -0.39 is 4.92 Å². The van der Waals surface area contributed by atoms with Gasteiger partial charge in [0.1, 0.15) is 5.69 Å². The van der Waals surface area contributed by atoms with Crippen LogP contribution in [0.4, 0.5) is 56.9 Å². The van der Waals surface area contributed by atoms with Crippen molar-refractivity contribution in [3.63, 3.8) is 0 Å². The summed E-state index contributed by atoms with van der Waals surface area (Å²) in [6.45, 7) is 0. The highest BCUT2D eigenvalue weighted by molar-refractivity contribution is 6.12. The fourth-order valence-electron chi connectivity index (χ4n) is 10.9. The molecule has 11 aromatic carbocycles. The maximum Gasteiger partial charge on any atom is 0.321 e. The molecule has 1 aliphatic carbocycles. The fourth-order valence-corrected chi connectivity index (χ4v) is 10.9. The molecule has 0 saturated heterocycles. The summed E-state index contributed by atoms with van der Waals surface area (Å²) in [4.78, 5) is 41.9. The molecule has 0 fully saturated rings. The second-order valence-corrected chi connectivity index (χ2v) is 19.2. The van der Waals surface area contributed by atoms with Gasteiger partial charge in [0.25, 0.3) is 0 Å². The zero-order chi connectivity index (χ0) is 52.9. The topological polar surface area (TPSA) is 130 Å². The first kappa shape index (κ1) is 46.9. The Labute approximate surface area is 447 Å². The van der Waals surface area contributed by atoms with E-state index in [9.17, 15) is 25.1 Å². The van der Waals surface area contributed by atoms with Crippen LogP contribution in [-0.4, -0.2) is 14.4 Å².